The normalized spacial score (nSPS) is 27.0. The number of amides is 1. The van der Waals surface area contributed by atoms with Gasteiger partial charge in [-0.1, -0.05) is 18.2 Å². The molecule has 1 amide bonds. The van der Waals surface area contributed by atoms with Crippen molar-refractivity contribution in [1.29, 1.82) is 0 Å². The standard InChI is InChI=1S/C18H19FN2OS/c19-15-6-2-1-5-12(15)13-11-14(13)18(22)21-9-4-3-7-16(21)17-20-8-10-23-17/h1-2,5-6,8,10,13-14,16H,3-4,7,9,11H2/t13-,14-,16+/m1/s1. The lowest BCUT2D eigenvalue weighted by Crippen LogP contribution is -2.39. The number of aromatic nitrogens is 1. The van der Waals surface area contributed by atoms with Gasteiger partial charge in [-0.15, -0.1) is 11.3 Å². The van der Waals surface area contributed by atoms with Crippen molar-refractivity contribution < 1.29 is 9.18 Å². The lowest BCUT2D eigenvalue weighted by atomic mass is 10.0. The average molecular weight is 330 g/mol. The topological polar surface area (TPSA) is 33.2 Å². The summed E-state index contributed by atoms with van der Waals surface area (Å²) >= 11 is 1.62. The highest BCUT2D eigenvalue weighted by Gasteiger charge is 2.48. The summed E-state index contributed by atoms with van der Waals surface area (Å²) in [6.07, 6.45) is 5.73. The lowest BCUT2D eigenvalue weighted by Gasteiger charge is -2.34. The van der Waals surface area contributed by atoms with Gasteiger partial charge in [0.2, 0.25) is 5.91 Å². The van der Waals surface area contributed by atoms with E-state index >= 15 is 0 Å². The smallest absolute Gasteiger partial charge is 0.226 e. The predicted octanol–water partition coefficient (Wildman–Crippen LogP) is 4.14. The molecule has 1 saturated carbocycles. The van der Waals surface area contributed by atoms with Gasteiger partial charge in [-0.3, -0.25) is 4.79 Å². The number of halogens is 1. The molecule has 1 saturated heterocycles. The van der Waals surface area contributed by atoms with Crippen LogP contribution < -0.4 is 0 Å². The third-order valence-electron chi connectivity index (χ3n) is 4.93. The Morgan fingerprint density at radius 1 is 1.30 bits per heavy atom. The molecule has 120 valence electrons. The number of piperidine rings is 1. The number of thiazole rings is 1. The summed E-state index contributed by atoms with van der Waals surface area (Å²) in [5, 5.41) is 2.99. The molecule has 2 heterocycles. The molecule has 4 rings (SSSR count). The molecule has 23 heavy (non-hydrogen) atoms. The van der Waals surface area contributed by atoms with Crippen LogP contribution in [0.2, 0.25) is 0 Å². The summed E-state index contributed by atoms with van der Waals surface area (Å²) in [7, 11) is 0. The van der Waals surface area contributed by atoms with Crippen LogP contribution in [0.25, 0.3) is 0 Å². The zero-order valence-electron chi connectivity index (χ0n) is 12.8. The van der Waals surface area contributed by atoms with E-state index in [9.17, 15) is 9.18 Å². The Morgan fingerprint density at radius 3 is 2.96 bits per heavy atom. The quantitative estimate of drug-likeness (QED) is 0.847. The Morgan fingerprint density at radius 2 is 2.17 bits per heavy atom. The van der Waals surface area contributed by atoms with Crippen LogP contribution >= 0.6 is 11.3 Å². The number of carbonyl (C=O) groups is 1. The fourth-order valence-electron chi connectivity index (χ4n) is 3.65. The fraction of sp³-hybridized carbons (Fsp3) is 0.444. The Labute approximate surface area is 139 Å². The minimum absolute atomic E-state index is 0.0440. The van der Waals surface area contributed by atoms with Crippen LogP contribution in [0.1, 0.15) is 48.2 Å². The Kier molecular flexibility index (Phi) is 3.89. The molecule has 0 bridgehead atoms. The fourth-order valence-corrected chi connectivity index (χ4v) is 4.44. The van der Waals surface area contributed by atoms with Gasteiger partial charge < -0.3 is 4.90 Å². The maximum atomic E-state index is 13.9. The van der Waals surface area contributed by atoms with E-state index in [1.807, 2.05) is 22.4 Å². The van der Waals surface area contributed by atoms with E-state index in [1.165, 1.54) is 6.07 Å². The Bertz CT molecular complexity index is 703. The van der Waals surface area contributed by atoms with Gasteiger partial charge in [-0.05, 0) is 43.2 Å². The minimum atomic E-state index is -0.192. The van der Waals surface area contributed by atoms with Gasteiger partial charge in [-0.25, -0.2) is 9.37 Å². The SMILES string of the molecule is O=C([C@@H]1C[C@@H]1c1ccccc1F)N1CCCC[C@H]1c1nccs1. The van der Waals surface area contributed by atoms with Crippen LogP contribution in [0.4, 0.5) is 4.39 Å². The largest absolute Gasteiger partial charge is 0.333 e. The molecule has 1 aromatic heterocycles. The minimum Gasteiger partial charge on any atom is -0.333 e. The lowest BCUT2D eigenvalue weighted by molar-refractivity contribution is -0.136. The van der Waals surface area contributed by atoms with Crippen LogP contribution in [0.3, 0.4) is 0 Å². The molecule has 3 atom stereocenters. The summed E-state index contributed by atoms with van der Waals surface area (Å²) in [5.74, 6) is -0.0314. The first-order valence-electron chi connectivity index (χ1n) is 8.20. The van der Waals surface area contributed by atoms with E-state index in [0.29, 0.717) is 5.56 Å². The van der Waals surface area contributed by atoms with Crippen molar-refractivity contribution in [2.45, 2.75) is 37.6 Å². The number of hydrogen-bond donors (Lipinski definition) is 0. The first-order valence-corrected chi connectivity index (χ1v) is 9.08. The van der Waals surface area contributed by atoms with Gasteiger partial charge in [-0.2, -0.15) is 0 Å². The first-order chi connectivity index (χ1) is 11.3. The molecule has 3 nitrogen and oxygen atoms in total. The molecular weight excluding hydrogens is 311 g/mol. The van der Waals surface area contributed by atoms with Crippen molar-refractivity contribution >= 4 is 17.2 Å². The van der Waals surface area contributed by atoms with E-state index in [0.717, 1.165) is 37.2 Å². The van der Waals surface area contributed by atoms with Crippen molar-refractivity contribution in [1.82, 2.24) is 9.88 Å². The van der Waals surface area contributed by atoms with Crippen molar-refractivity contribution in [2.24, 2.45) is 5.92 Å². The second-order valence-corrected chi connectivity index (χ2v) is 7.31. The molecule has 0 unspecified atom stereocenters. The van der Waals surface area contributed by atoms with Crippen LogP contribution in [-0.4, -0.2) is 22.3 Å². The molecule has 1 aliphatic heterocycles. The van der Waals surface area contributed by atoms with Crippen molar-refractivity contribution in [3.63, 3.8) is 0 Å². The zero-order valence-corrected chi connectivity index (χ0v) is 13.6. The number of benzene rings is 1. The summed E-state index contributed by atoms with van der Waals surface area (Å²) < 4.78 is 13.9. The molecule has 5 heteroatoms. The van der Waals surface area contributed by atoms with E-state index in [4.69, 9.17) is 0 Å². The Hall–Kier alpha value is -1.75. The molecule has 0 N–H and O–H groups in total. The highest BCUT2D eigenvalue weighted by atomic mass is 32.1. The third-order valence-corrected chi connectivity index (χ3v) is 5.81. The molecule has 2 aromatic rings. The molecular formula is C18H19FN2OS. The van der Waals surface area contributed by atoms with Gasteiger partial charge in [0.15, 0.2) is 0 Å². The van der Waals surface area contributed by atoms with Gasteiger partial charge in [0.1, 0.15) is 10.8 Å². The monoisotopic (exact) mass is 330 g/mol. The maximum absolute atomic E-state index is 13.9. The highest BCUT2D eigenvalue weighted by Crippen LogP contribution is 2.50. The van der Waals surface area contributed by atoms with E-state index in [1.54, 1.807) is 23.6 Å². The van der Waals surface area contributed by atoms with Crippen molar-refractivity contribution in [3.8, 4) is 0 Å². The maximum Gasteiger partial charge on any atom is 0.226 e. The summed E-state index contributed by atoms with van der Waals surface area (Å²) in [4.78, 5) is 19.3. The molecule has 2 fully saturated rings. The van der Waals surface area contributed by atoms with Gasteiger partial charge in [0.25, 0.3) is 0 Å². The van der Waals surface area contributed by atoms with Crippen LogP contribution in [0, 0.1) is 11.7 Å². The van der Waals surface area contributed by atoms with Crippen LogP contribution in [0.5, 0.6) is 0 Å². The second-order valence-electron chi connectivity index (χ2n) is 6.38. The predicted molar refractivity (Wildman–Crippen MR) is 87.7 cm³/mol. The third kappa shape index (κ3) is 2.78. The number of hydrogen-bond acceptors (Lipinski definition) is 3. The number of rotatable bonds is 3. The molecule has 1 aliphatic carbocycles. The van der Waals surface area contributed by atoms with E-state index in [2.05, 4.69) is 4.98 Å². The summed E-state index contributed by atoms with van der Waals surface area (Å²) in [5.41, 5.74) is 0.689. The molecule has 0 radical (unpaired) electrons. The van der Waals surface area contributed by atoms with Gasteiger partial charge >= 0.3 is 0 Å². The first kappa shape index (κ1) is 14.8. The second kappa shape index (κ2) is 6.04. The average Bonchev–Trinajstić information content (AvgIpc) is 3.18. The van der Waals surface area contributed by atoms with Crippen LogP contribution in [0.15, 0.2) is 35.8 Å². The van der Waals surface area contributed by atoms with Crippen LogP contribution in [-0.2, 0) is 4.79 Å². The van der Waals surface area contributed by atoms with Crippen molar-refractivity contribution in [3.05, 3.63) is 52.2 Å². The Balaban J connectivity index is 1.51. The number of carbonyl (C=O) groups excluding carboxylic acids is 1. The summed E-state index contributed by atoms with van der Waals surface area (Å²) in [6.45, 7) is 0.795. The number of nitrogens with zero attached hydrogens (tertiary/aromatic N) is 2. The van der Waals surface area contributed by atoms with Crippen molar-refractivity contribution in [2.75, 3.05) is 6.54 Å². The zero-order chi connectivity index (χ0) is 15.8. The summed E-state index contributed by atoms with van der Waals surface area (Å²) in [6, 6.07) is 6.94. The highest BCUT2D eigenvalue weighted by molar-refractivity contribution is 7.09. The van der Waals surface area contributed by atoms with E-state index < -0.39 is 0 Å². The van der Waals surface area contributed by atoms with Gasteiger partial charge in [0, 0.05) is 24.0 Å². The van der Waals surface area contributed by atoms with E-state index in [-0.39, 0.29) is 29.6 Å². The molecule has 0 spiro atoms. The molecule has 1 aromatic carbocycles. The number of likely N-dealkylation sites (tertiary alicyclic amines) is 1. The van der Waals surface area contributed by atoms with Gasteiger partial charge in [0.05, 0.1) is 6.04 Å². The molecule has 2 aliphatic rings.